The first-order valence-electron chi connectivity index (χ1n) is 9.34. The molecule has 1 atom stereocenters. The molecule has 0 saturated carbocycles. The van der Waals surface area contributed by atoms with Crippen LogP contribution < -0.4 is 10.6 Å². The van der Waals surface area contributed by atoms with Crippen LogP contribution in [0.2, 0.25) is 0 Å². The maximum Gasteiger partial charge on any atom is 0.170 e. The maximum absolute atomic E-state index is 5.60. The van der Waals surface area contributed by atoms with Gasteiger partial charge in [0, 0.05) is 40.1 Å². The van der Waals surface area contributed by atoms with Crippen molar-refractivity contribution in [1.82, 2.24) is 10.3 Å². The lowest BCUT2D eigenvalue weighted by Gasteiger charge is -2.19. The smallest absolute Gasteiger partial charge is 0.170 e. The summed E-state index contributed by atoms with van der Waals surface area (Å²) >= 11 is 7.38. The van der Waals surface area contributed by atoms with E-state index in [1.807, 2.05) is 0 Å². The Labute approximate surface area is 174 Å². The van der Waals surface area contributed by atoms with E-state index in [1.165, 1.54) is 27.0 Å². The molecule has 2 heterocycles. The van der Waals surface area contributed by atoms with Crippen molar-refractivity contribution in [2.75, 3.05) is 11.9 Å². The highest BCUT2D eigenvalue weighted by atomic mass is 32.1. The van der Waals surface area contributed by atoms with Gasteiger partial charge < -0.3 is 15.6 Å². The van der Waals surface area contributed by atoms with Gasteiger partial charge in [-0.05, 0) is 60.3 Å². The summed E-state index contributed by atoms with van der Waals surface area (Å²) in [5.41, 5.74) is 5.92. The quantitative estimate of drug-likeness (QED) is 0.359. The molecular weight excluding hydrogens is 382 g/mol. The Bertz CT molecular complexity index is 1080. The lowest BCUT2D eigenvalue weighted by Crippen LogP contribution is -2.32. The Morgan fingerprint density at radius 3 is 2.57 bits per heavy atom. The average Bonchev–Trinajstić information content (AvgIpc) is 3.36. The molecule has 0 bridgehead atoms. The summed E-state index contributed by atoms with van der Waals surface area (Å²) in [7, 11) is 0. The zero-order valence-corrected chi connectivity index (χ0v) is 17.6. The number of benzene rings is 2. The van der Waals surface area contributed by atoms with Crippen LogP contribution in [0, 0.1) is 13.8 Å². The number of aromatic nitrogens is 1. The number of anilines is 1. The highest BCUT2D eigenvalue weighted by Crippen LogP contribution is 2.32. The van der Waals surface area contributed by atoms with E-state index < -0.39 is 0 Å². The summed E-state index contributed by atoms with van der Waals surface area (Å²) in [6, 6.07) is 19.0. The van der Waals surface area contributed by atoms with E-state index in [9.17, 15) is 0 Å². The number of thiophene rings is 1. The van der Waals surface area contributed by atoms with Crippen LogP contribution in [-0.4, -0.2) is 16.6 Å². The molecule has 0 fully saturated rings. The zero-order valence-electron chi connectivity index (χ0n) is 16.0. The van der Waals surface area contributed by atoms with E-state index in [-0.39, 0.29) is 5.92 Å². The van der Waals surface area contributed by atoms with Crippen molar-refractivity contribution in [2.45, 2.75) is 19.8 Å². The molecule has 4 aromatic rings. The van der Waals surface area contributed by atoms with E-state index in [0.717, 1.165) is 17.7 Å². The van der Waals surface area contributed by atoms with Crippen molar-refractivity contribution >= 4 is 45.3 Å². The molecule has 1 unspecified atom stereocenters. The number of aryl methyl sites for hydroxylation is 2. The summed E-state index contributed by atoms with van der Waals surface area (Å²) in [4.78, 5) is 4.73. The Morgan fingerprint density at radius 1 is 1.04 bits per heavy atom. The monoisotopic (exact) mass is 405 g/mol. The molecule has 0 saturated heterocycles. The molecule has 28 heavy (non-hydrogen) atoms. The maximum atomic E-state index is 5.60. The number of hydrogen-bond donors (Lipinski definition) is 3. The normalized spacial score (nSPS) is 12.1. The molecule has 0 radical (unpaired) electrons. The fourth-order valence-corrected chi connectivity index (χ4v) is 4.63. The molecule has 3 N–H and O–H groups in total. The van der Waals surface area contributed by atoms with Crippen LogP contribution in [0.1, 0.15) is 27.5 Å². The molecule has 4 rings (SSSR count). The Kier molecular flexibility index (Phi) is 5.46. The van der Waals surface area contributed by atoms with E-state index in [2.05, 4.69) is 95.6 Å². The highest BCUT2D eigenvalue weighted by Gasteiger charge is 2.19. The van der Waals surface area contributed by atoms with E-state index in [4.69, 9.17) is 12.2 Å². The third-order valence-corrected chi connectivity index (χ3v) is 6.30. The summed E-state index contributed by atoms with van der Waals surface area (Å²) in [6.07, 6.45) is 2.12. The fourth-order valence-electron chi connectivity index (χ4n) is 3.60. The molecule has 0 amide bonds. The second-order valence-corrected chi connectivity index (χ2v) is 8.35. The second-order valence-electron chi connectivity index (χ2n) is 6.96. The van der Waals surface area contributed by atoms with E-state index in [0.29, 0.717) is 5.11 Å². The molecule has 5 heteroatoms. The van der Waals surface area contributed by atoms with Crippen molar-refractivity contribution in [2.24, 2.45) is 0 Å². The van der Waals surface area contributed by atoms with Gasteiger partial charge in [0.05, 0.1) is 0 Å². The SMILES string of the molecule is Cc1cccc(C)c1NC(=S)NCC(c1cccs1)c1c[nH]c2ccccc12. The van der Waals surface area contributed by atoms with Gasteiger partial charge in [-0.2, -0.15) is 0 Å². The van der Waals surface area contributed by atoms with Gasteiger partial charge in [0.2, 0.25) is 0 Å². The first-order chi connectivity index (χ1) is 13.6. The molecule has 0 spiro atoms. The van der Waals surface area contributed by atoms with Crippen LogP contribution in [0.5, 0.6) is 0 Å². The van der Waals surface area contributed by atoms with Crippen molar-refractivity contribution in [1.29, 1.82) is 0 Å². The molecule has 0 aliphatic rings. The first-order valence-corrected chi connectivity index (χ1v) is 10.6. The summed E-state index contributed by atoms with van der Waals surface area (Å²) in [6.45, 7) is 4.93. The number of fused-ring (bicyclic) bond motifs is 1. The van der Waals surface area contributed by atoms with Crippen LogP contribution in [-0.2, 0) is 0 Å². The van der Waals surface area contributed by atoms with Crippen molar-refractivity contribution < 1.29 is 0 Å². The van der Waals surface area contributed by atoms with Crippen LogP contribution in [0.3, 0.4) is 0 Å². The van der Waals surface area contributed by atoms with Gasteiger partial charge in [0.25, 0.3) is 0 Å². The second kappa shape index (κ2) is 8.17. The van der Waals surface area contributed by atoms with Gasteiger partial charge >= 0.3 is 0 Å². The minimum Gasteiger partial charge on any atom is -0.361 e. The molecule has 3 nitrogen and oxygen atoms in total. The van der Waals surface area contributed by atoms with E-state index >= 15 is 0 Å². The third kappa shape index (κ3) is 3.81. The van der Waals surface area contributed by atoms with Gasteiger partial charge in [-0.15, -0.1) is 11.3 Å². The molecule has 0 aliphatic heterocycles. The number of rotatable bonds is 5. The lowest BCUT2D eigenvalue weighted by atomic mass is 9.97. The van der Waals surface area contributed by atoms with Crippen LogP contribution in [0.15, 0.2) is 66.2 Å². The number of hydrogen-bond acceptors (Lipinski definition) is 2. The molecule has 2 aromatic carbocycles. The molecular formula is C23H23N3S2. The van der Waals surface area contributed by atoms with Crippen molar-refractivity contribution in [3.63, 3.8) is 0 Å². The van der Waals surface area contributed by atoms with Gasteiger partial charge in [-0.3, -0.25) is 0 Å². The van der Waals surface area contributed by atoms with Gasteiger partial charge in [0.1, 0.15) is 0 Å². The first kappa shape index (κ1) is 18.7. The number of para-hydroxylation sites is 2. The zero-order chi connectivity index (χ0) is 19.5. The van der Waals surface area contributed by atoms with Crippen molar-refractivity contribution in [3.05, 3.63) is 87.7 Å². The number of thiocarbonyl (C=S) groups is 1. The van der Waals surface area contributed by atoms with Gasteiger partial charge in [-0.1, -0.05) is 42.5 Å². The summed E-state index contributed by atoms with van der Waals surface area (Å²) in [5.74, 6) is 0.230. The largest absolute Gasteiger partial charge is 0.361 e. The fraction of sp³-hybridized carbons (Fsp3) is 0.174. The molecule has 142 valence electrons. The number of H-pyrrole nitrogens is 1. The van der Waals surface area contributed by atoms with Gasteiger partial charge in [0.15, 0.2) is 5.11 Å². The molecule has 2 aromatic heterocycles. The standard InChI is InChI=1S/C23H23N3S2/c1-15-7-5-8-16(2)22(15)26-23(27)25-14-19(21-11-6-12-28-21)18-13-24-20-10-4-3-9-17(18)20/h3-13,19,24H,14H2,1-2H3,(H2,25,26,27). The van der Waals surface area contributed by atoms with Crippen molar-refractivity contribution in [3.8, 4) is 0 Å². The van der Waals surface area contributed by atoms with Crippen LogP contribution in [0.4, 0.5) is 5.69 Å². The topological polar surface area (TPSA) is 39.8 Å². The van der Waals surface area contributed by atoms with Gasteiger partial charge in [-0.25, -0.2) is 0 Å². The molecule has 0 aliphatic carbocycles. The summed E-state index contributed by atoms with van der Waals surface area (Å²) < 4.78 is 0. The van der Waals surface area contributed by atoms with E-state index in [1.54, 1.807) is 11.3 Å². The Hall–Kier alpha value is -2.63. The van der Waals surface area contributed by atoms with Crippen LogP contribution >= 0.6 is 23.6 Å². The Balaban J connectivity index is 1.55. The number of aromatic amines is 1. The number of nitrogens with one attached hydrogen (secondary N) is 3. The minimum absolute atomic E-state index is 0.230. The third-order valence-electron chi connectivity index (χ3n) is 5.07. The predicted octanol–water partition coefficient (Wildman–Crippen LogP) is 5.96. The highest BCUT2D eigenvalue weighted by molar-refractivity contribution is 7.80. The van der Waals surface area contributed by atoms with Crippen LogP contribution in [0.25, 0.3) is 10.9 Å². The predicted molar refractivity (Wildman–Crippen MR) is 125 cm³/mol. The summed E-state index contributed by atoms with van der Waals surface area (Å²) in [5, 5.41) is 10.9. The Morgan fingerprint density at radius 2 is 1.82 bits per heavy atom. The minimum atomic E-state index is 0.230. The lowest BCUT2D eigenvalue weighted by molar-refractivity contribution is 0.778. The average molecular weight is 406 g/mol.